The molecule has 0 bridgehead atoms. The van der Waals surface area contributed by atoms with E-state index in [1.54, 1.807) is 24.3 Å². The van der Waals surface area contributed by atoms with Gasteiger partial charge in [-0.1, -0.05) is 19.3 Å². The summed E-state index contributed by atoms with van der Waals surface area (Å²) in [6, 6.07) is 6.95. The van der Waals surface area contributed by atoms with Gasteiger partial charge in [0.1, 0.15) is 5.41 Å². The number of carbonyl (C=O) groups is 3. The Hall–Kier alpha value is -2.37. The average Bonchev–Trinajstić information content (AvgIpc) is 3.44. The number of nitrogens with one attached hydrogen (secondary N) is 1. The van der Waals surface area contributed by atoms with Crippen molar-refractivity contribution in [3.8, 4) is 0 Å². The monoisotopic (exact) mass is 344 g/mol. The lowest BCUT2D eigenvalue weighted by molar-refractivity contribution is -0.147. The van der Waals surface area contributed by atoms with Crippen LogP contribution in [-0.4, -0.2) is 40.9 Å². The Labute approximate surface area is 147 Å². The first kappa shape index (κ1) is 17.5. The number of amides is 2. The van der Waals surface area contributed by atoms with Gasteiger partial charge in [0.2, 0.25) is 5.91 Å². The minimum atomic E-state index is -1.27. The van der Waals surface area contributed by atoms with Gasteiger partial charge < -0.3 is 15.3 Å². The lowest BCUT2D eigenvalue weighted by Gasteiger charge is -2.31. The number of hydrogen-bond acceptors (Lipinski definition) is 3. The van der Waals surface area contributed by atoms with Gasteiger partial charge in [0.05, 0.1) is 0 Å². The van der Waals surface area contributed by atoms with Crippen LogP contribution in [0.5, 0.6) is 0 Å². The summed E-state index contributed by atoms with van der Waals surface area (Å²) in [4.78, 5) is 37.7. The third-order valence-electron chi connectivity index (χ3n) is 5.43. The van der Waals surface area contributed by atoms with E-state index in [9.17, 15) is 14.4 Å². The van der Waals surface area contributed by atoms with Gasteiger partial charge in [-0.2, -0.15) is 0 Å². The maximum atomic E-state index is 12.6. The maximum Gasteiger partial charge on any atom is 0.319 e. The topological polar surface area (TPSA) is 86.7 Å². The Morgan fingerprint density at radius 3 is 2.20 bits per heavy atom. The van der Waals surface area contributed by atoms with Crippen molar-refractivity contribution >= 4 is 23.5 Å². The van der Waals surface area contributed by atoms with E-state index in [-0.39, 0.29) is 5.91 Å². The van der Waals surface area contributed by atoms with Crippen molar-refractivity contribution < 1.29 is 19.5 Å². The number of carbonyl (C=O) groups excluding carboxylic acids is 2. The number of hydrogen-bond donors (Lipinski definition) is 2. The third kappa shape index (κ3) is 3.52. The van der Waals surface area contributed by atoms with Crippen LogP contribution >= 0.6 is 0 Å². The molecule has 0 heterocycles. The molecular weight excluding hydrogens is 320 g/mol. The molecule has 1 aromatic rings. The lowest BCUT2D eigenvalue weighted by atomic mass is 9.94. The summed E-state index contributed by atoms with van der Waals surface area (Å²) in [7, 11) is 1.84. The molecule has 0 unspecified atom stereocenters. The third-order valence-corrected chi connectivity index (χ3v) is 5.43. The van der Waals surface area contributed by atoms with E-state index in [1.807, 2.05) is 11.9 Å². The SMILES string of the molecule is CN(C(=O)c1ccc(NC(=O)C2(C(=O)O)CC2)cc1)C1CCCCC1. The lowest BCUT2D eigenvalue weighted by Crippen LogP contribution is -2.38. The number of anilines is 1. The second-order valence-electron chi connectivity index (χ2n) is 7.13. The molecule has 0 aliphatic heterocycles. The molecule has 6 nitrogen and oxygen atoms in total. The molecule has 2 fully saturated rings. The molecule has 2 amide bonds. The van der Waals surface area contributed by atoms with Crippen LogP contribution < -0.4 is 5.32 Å². The van der Waals surface area contributed by atoms with Crippen molar-refractivity contribution in [3.63, 3.8) is 0 Å². The number of carboxylic acids is 1. The van der Waals surface area contributed by atoms with Gasteiger partial charge in [-0.25, -0.2) is 0 Å². The van der Waals surface area contributed by atoms with Crippen LogP contribution in [0, 0.1) is 5.41 Å². The molecule has 25 heavy (non-hydrogen) atoms. The first-order valence-corrected chi connectivity index (χ1v) is 8.86. The van der Waals surface area contributed by atoms with E-state index in [1.165, 1.54) is 19.3 Å². The Balaban J connectivity index is 1.62. The average molecular weight is 344 g/mol. The second-order valence-corrected chi connectivity index (χ2v) is 7.13. The Kier molecular flexibility index (Phi) is 4.79. The second kappa shape index (κ2) is 6.86. The number of benzene rings is 1. The molecular formula is C19H24N2O4. The molecule has 0 radical (unpaired) electrons. The van der Waals surface area contributed by atoms with Crippen molar-refractivity contribution in [3.05, 3.63) is 29.8 Å². The predicted octanol–water partition coefficient (Wildman–Crippen LogP) is 2.89. The fourth-order valence-corrected chi connectivity index (χ4v) is 3.45. The summed E-state index contributed by atoms with van der Waals surface area (Å²) in [6.07, 6.45) is 6.41. The molecule has 2 saturated carbocycles. The minimum Gasteiger partial charge on any atom is -0.480 e. The van der Waals surface area contributed by atoms with Crippen LogP contribution in [-0.2, 0) is 9.59 Å². The van der Waals surface area contributed by atoms with Gasteiger partial charge in [0.25, 0.3) is 5.91 Å². The summed E-state index contributed by atoms with van der Waals surface area (Å²) in [5.74, 6) is -1.58. The first-order chi connectivity index (χ1) is 11.9. The maximum absolute atomic E-state index is 12.6. The van der Waals surface area contributed by atoms with Crippen LogP contribution in [0.2, 0.25) is 0 Å². The molecule has 2 aliphatic carbocycles. The molecule has 134 valence electrons. The van der Waals surface area contributed by atoms with Crippen LogP contribution in [0.3, 0.4) is 0 Å². The number of carboxylic acid groups (broad SMARTS) is 1. The zero-order valence-electron chi connectivity index (χ0n) is 14.5. The molecule has 0 atom stereocenters. The van der Waals surface area contributed by atoms with Crippen LogP contribution in [0.15, 0.2) is 24.3 Å². The molecule has 6 heteroatoms. The molecule has 0 saturated heterocycles. The summed E-state index contributed by atoms with van der Waals surface area (Å²) < 4.78 is 0. The van der Waals surface area contributed by atoms with Gasteiger partial charge in [-0.3, -0.25) is 14.4 Å². The van der Waals surface area contributed by atoms with Gasteiger partial charge in [-0.05, 0) is 49.9 Å². The highest BCUT2D eigenvalue weighted by Gasteiger charge is 2.57. The van der Waals surface area contributed by atoms with Crippen molar-refractivity contribution in [1.29, 1.82) is 0 Å². The Morgan fingerprint density at radius 2 is 1.68 bits per heavy atom. The molecule has 0 aromatic heterocycles. The predicted molar refractivity (Wildman–Crippen MR) is 93.3 cm³/mol. The van der Waals surface area contributed by atoms with Gasteiger partial charge in [-0.15, -0.1) is 0 Å². The van der Waals surface area contributed by atoms with Crippen molar-refractivity contribution in [2.75, 3.05) is 12.4 Å². The van der Waals surface area contributed by atoms with Crippen molar-refractivity contribution in [2.45, 2.75) is 51.0 Å². The van der Waals surface area contributed by atoms with E-state index in [2.05, 4.69) is 5.32 Å². The normalized spacial score (nSPS) is 19.1. The molecule has 1 aromatic carbocycles. The van der Waals surface area contributed by atoms with E-state index < -0.39 is 17.3 Å². The van der Waals surface area contributed by atoms with Gasteiger partial charge in [0.15, 0.2) is 0 Å². The highest BCUT2D eigenvalue weighted by Crippen LogP contribution is 2.46. The number of aliphatic carboxylic acids is 1. The number of nitrogens with zero attached hydrogens (tertiary/aromatic N) is 1. The van der Waals surface area contributed by atoms with Gasteiger partial charge in [0, 0.05) is 24.3 Å². The van der Waals surface area contributed by atoms with Crippen LogP contribution in [0.4, 0.5) is 5.69 Å². The molecule has 2 aliphatic rings. The smallest absolute Gasteiger partial charge is 0.319 e. The molecule has 2 N–H and O–H groups in total. The zero-order chi connectivity index (χ0) is 18.0. The van der Waals surface area contributed by atoms with E-state index >= 15 is 0 Å². The summed E-state index contributed by atoms with van der Waals surface area (Å²) in [5, 5.41) is 11.8. The minimum absolute atomic E-state index is 0.0195. The molecule has 0 spiro atoms. The summed E-state index contributed by atoms with van der Waals surface area (Å²) in [5.41, 5.74) is -0.185. The van der Waals surface area contributed by atoms with E-state index in [4.69, 9.17) is 5.11 Å². The quantitative estimate of drug-likeness (QED) is 0.804. The highest BCUT2D eigenvalue weighted by molar-refractivity contribution is 6.10. The Morgan fingerprint density at radius 1 is 1.08 bits per heavy atom. The number of rotatable bonds is 5. The van der Waals surface area contributed by atoms with Crippen molar-refractivity contribution in [2.24, 2.45) is 5.41 Å². The standard InChI is InChI=1S/C19H24N2O4/c1-21(15-5-3-2-4-6-15)16(22)13-7-9-14(10-8-13)20-17(23)19(11-12-19)18(24)25/h7-10,15H,2-6,11-12H2,1H3,(H,20,23)(H,24,25). The van der Waals surface area contributed by atoms with Crippen molar-refractivity contribution in [1.82, 2.24) is 4.90 Å². The van der Waals surface area contributed by atoms with Gasteiger partial charge >= 0.3 is 5.97 Å². The highest BCUT2D eigenvalue weighted by atomic mass is 16.4. The molecule has 3 rings (SSSR count). The van der Waals surface area contributed by atoms with Crippen LogP contribution in [0.1, 0.15) is 55.3 Å². The largest absolute Gasteiger partial charge is 0.480 e. The first-order valence-electron chi connectivity index (χ1n) is 8.86. The van der Waals surface area contributed by atoms with E-state index in [0.29, 0.717) is 30.1 Å². The fourth-order valence-electron chi connectivity index (χ4n) is 3.45. The van der Waals surface area contributed by atoms with Crippen LogP contribution in [0.25, 0.3) is 0 Å². The Bertz CT molecular complexity index is 673. The summed E-state index contributed by atoms with van der Waals surface area (Å²) >= 11 is 0. The fraction of sp³-hybridized carbons (Fsp3) is 0.526. The van der Waals surface area contributed by atoms with E-state index in [0.717, 1.165) is 12.8 Å². The zero-order valence-corrected chi connectivity index (χ0v) is 14.5. The summed E-state index contributed by atoms with van der Waals surface area (Å²) in [6.45, 7) is 0.